The number of aliphatic hydroxyl groups excluding tert-OH is 1. The molecule has 0 bridgehead atoms. The molecule has 3 aliphatic heterocycles. The summed E-state index contributed by atoms with van der Waals surface area (Å²) >= 11 is 2.31. The van der Waals surface area contributed by atoms with Gasteiger partial charge < -0.3 is 24.4 Å². The van der Waals surface area contributed by atoms with Crippen molar-refractivity contribution in [1.29, 1.82) is 0 Å². The van der Waals surface area contributed by atoms with Crippen molar-refractivity contribution in [2.75, 3.05) is 39.4 Å². The molecule has 0 aromatic heterocycles. The van der Waals surface area contributed by atoms with Gasteiger partial charge in [0.2, 0.25) is 6.29 Å². The second-order valence-corrected chi connectivity index (χ2v) is 10.9. The summed E-state index contributed by atoms with van der Waals surface area (Å²) < 4.78 is 13.4. The molecule has 34 heavy (non-hydrogen) atoms. The molecule has 1 N–H and O–H groups in total. The first-order chi connectivity index (χ1) is 16.6. The van der Waals surface area contributed by atoms with Crippen LogP contribution >= 0.6 is 22.6 Å². The van der Waals surface area contributed by atoms with E-state index < -0.39 is 6.29 Å². The van der Waals surface area contributed by atoms with E-state index in [0.717, 1.165) is 37.9 Å². The normalized spacial score (nSPS) is 26.7. The van der Waals surface area contributed by atoms with Gasteiger partial charge in [-0.05, 0) is 105 Å². The first-order valence-electron chi connectivity index (χ1n) is 13.0. The van der Waals surface area contributed by atoms with E-state index in [1.165, 1.54) is 35.9 Å². The molecule has 4 rings (SSSR count). The van der Waals surface area contributed by atoms with Gasteiger partial charge in [0, 0.05) is 47.8 Å². The smallest absolute Gasteiger partial charge is 0.288 e. The van der Waals surface area contributed by atoms with Crippen LogP contribution in [-0.4, -0.2) is 72.5 Å². The van der Waals surface area contributed by atoms with Crippen molar-refractivity contribution in [2.45, 2.75) is 70.1 Å². The molecule has 6 nitrogen and oxygen atoms in total. The third kappa shape index (κ3) is 6.33. The molecule has 3 aliphatic rings. The van der Waals surface area contributed by atoms with Crippen molar-refractivity contribution in [3.63, 3.8) is 0 Å². The van der Waals surface area contributed by atoms with Gasteiger partial charge in [-0.3, -0.25) is 4.79 Å². The number of hydrogen-bond acceptors (Lipinski definition) is 5. The molecule has 2 fully saturated rings. The van der Waals surface area contributed by atoms with E-state index in [0.29, 0.717) is 24.8 Å². The van der Waals surface area contributed by atoms with Gasteiger partial charge in [-0.2, -0.15) is 0 Å². The fourth-order valence-corrected chi connectivity index (χ4v) is 6.06. The Labute approximate surface area is 217 Å². The molecule has 0 unspecified atom stereocenters. The van der Waals surface area contributed by atoms with Gasteiger partial charge in [-0.15, -0.1) is 0 Å². The summed E-state index contributed by atoms with van der Waals surface area (Å²) in [5.74, 6) is 0.462. The Bertz CT molecular complexity index is 816. The van der Waals surface area contributed by atoms with Gasteiger partial charge in [0.15, 0.2) is 5.76 Å². The quantitative estimate of drug-likeness (QED) is 0.457. The Morgan fingerprint density at radius 3 is 2.47 bits per heavy atom. The van der Waals surface area contributed by atoms with Crippen LogP contribution in [-0.2, 0) is 14.3 Å². The number of likely N-dealkylation sites (tertiary alicyclic amines) is 2. The summed E-state index contributed by atoms with van der Waals surface area (Å²) in [6.45, 7) is 6.58. The zero-order chi connectivity index (χ0) is 23.9. The summed E-state index contributed by atoms with van der Waals surface area (Å²) in [5.41, 5.74) is 1.16. The number of piperidine rings is 2. The van der Waals surface area contributed by atoms with Crippen molar-refractivity contribution in [3.05, 3.63) is 45.2 Å². The summed E-state index contributed by atoms with van der Waals surface area (Å²) in [6, 6.07) is 9.07. The highest BCUT2D eigenvalue weighted by atomic mass is 127. The monoisotopic (exact) mass is 582 g/mol. The maximum atomic E-state index is 13.6. The van der Waals surface area contributed by atoms with E-state index in [1.54, 1.807) is 0 Å². The number of carbonyl (C=O) groups is 1. The molecule has 0 radical (unpaired) electrons. The summed E-state index contributed by atoms with van der Waals surface area (Å²) in [7, 11) is 0. The SMILES string of the molecule is CCO[C@H]1OC(C(=O)N2CCC(N3CCCCC3)CC2)=C[C@@H](c2ccc(I)cc2)[C@@H]1CCCO. The van der Waals surface area contributed by atoms with Crippen LogP contribution in [0.2, 0.25) is 0 Å². The molecule has 3 heterocycles. The van der Waals surface area contributed by atoms with Crippen molar-refractivity contribution < 1.29 is 19.4 Å². The van der Waals surface area contributed by atoms with Crippen LogP contribution in [0.15, 0.2) is 36.1 Å². The summed E-state index contributed by atoms with van der Waals surface area (Å²) in [4.78, 5) is 18.2. The Balaban J connectivity index is 1.51. The zero-order valence-corrected chi connectivity index (χ0v) is 22.5. The summed E-state index contributed by atoms with van der Waals surface area (Å²) in [6.07, 6.45) is 9.00. The molecular weight excluding hydrogens is 543 g/mol. The van der Waals surface area contributed by atoms with Crippen molar-refractivity contribution in [2.24, 2.45) is 5.92 Å². The molecule has 1 aromatic rings. The number of benzene rings is 1. The van der Waals surface area contributed by atoms with Gasteiger partial charge in [0.1, 0.15) is 0 Å². The molecule has 7 heteroatoms. The van der Waals surface area contributed by atoms with E-state index in [1.807, 2.05) is 17.9 Å². The number of nitrogens with zero attached hydrogens (tertiary/aromatic N) is 2. The average molecular weight is 583 g/mol. The highest BCUT2D eigenvalue weighted by molar-refractivity contribution is 14.1. The Kier molecular flexibility index (Phi) is 9.68. The largest absolute Gasteiger partial charge is 0.459 e. The minimum Gasteiger partial charge on any atom is -0.459 e. The highest BCUT2D eigenvalue weighted by Gasteiger charge is 2.39. The predicted octanol–water partition coefficient (Wildman–Crippen LogP) is 4.52. The highest BCUT2D eigenvalue weighted by Crippen LogP contribution is 2.40. The average Bonchev–Trinajstić information content (AvgIpc) is 2.88. The van der Waals surface area contributed by atoms with E-state index in [9.17, 15) is 9.90 Å². The van der Waals surface area contributed by atoms with Crippen molar-refractivity contribution >= 4 is 28.5 Å². The molecule has 0 spiro atoms. The Morgan fingerprint density at radius 1 is 1.12 bits per heavy atom. The van der Waals surface area contributed by atoms with Gasteiger partial charge in [0.25, 0.3) is 5.91 Å². The van der Waals surface area contributed by atoms with Gasteiger partial charge >= 0.3 is 0 Å². The van der Waals surface area contributed by atoms with Crippen molar-refractivity contribution in [3.8, 4) is 0 Å². The Hall–Kier alpha value is -1.16. The number of allylic oxidation sites excluding steroid dienone is 1. The van der Waals surface area contributed by atoms with Crippen LogP contribution in [0.25, 0.3) is 0 Å². The van der Waals surface area contributed by atoms with Crippen molar-refractivity contribution in [1.82, 2.24) is 9.80 Å². The summed E-state index contributed by atoms with van der Waals surface area (Å²) in [5, 5.41) is 9.47. The molecule has 2 saturated heterocycles. The van der Waals surface area contributed by atoms with E-state index >= 15 is 0 Å². The van der Waals surface area contributed by atoms with E-state index in [2.05, 4.69) is 51.8 Å². The Morgan fingerprint density at radius 2 is 1.82 bits per heavy atom. The third-order valence-electron chi connectivity index (χ3n) is 7.54. The number of rotatable bonds is 8. The van der Waals surface area contributed by atoms with Crippen LogP contribution in [0.1, 0.15) is 63.4 Å². The van der Waals surface area contributed by atoms with Crippen LogP contribution < -0.4 is 0 Å². The molecule has 3 atom stereocenters. The molecule has 0 aliphatic carbocycles. The lowest BCUT2D eigenvalue weighted by molar-refractivity contribution is -0.171. The van der Waals surface area contributed by atoms with E-state index in [-0.39, 0.29) is 24.3 Å². The molecule has 1 aromatic carbocycles. The zero-order valence-electron chi connectivity index (χ0n) is 20.3. The fourth-order valence-electron chi connectivity index (χ4n) is 5.70. The first-order valence-corrected chi connectivity index (χ1v) is 14.1. The fraction of sp³-hybridized carbons (Fsp3) is 0.667. The number of amides is 1. The number of carbonyl (C=O) groups excluding carboxylic acids is 1. The van der Waals surface area contributed by atoms with Gasteiger partial charge in [-0.1, -0.05) is 18.6 Å². The van der Waals surface area contributed by atoms with Crippen LogP contribution in [0.4, 0.5) is 0 Å². The van der Waals surface area contributed by atoms with Gasteiger partial charge in [0.05, 0.1) is 0 Å². The number of ether oxygens (including phenoxy) is 2. The molecule has 1 amide bonds. The lowest BCUT2D eigenvalue weighted by atomic mass is 9.80. The second kappa shape index (κ2) is 12.7. The predicted molar refractivity (Wildman–Crippen MR) is 141 cm³/mol. The number of aliphatic hydroxyl groups is 1. The first kappa shape index (κ1) is 25.9. The number of halogens is 1. The molecular formula is C27H39IN2O4. The lowest BCUT2D eigenvalue weighted by Crippen LogP contribution is -2.49. The van der Waals surface area contributed by atoms with Crippen LogP contribution in [0.3, 0.4) is 0 Å². The molecule has 0 saturated carbocycles. The third-order valence-corrected chi connectivity index (χ3v) is 8.26. The minimum absolute atomic E-state index is 0.0127. The lowest BCUT2D eigenvalue weighted by Gasteiger charge is -2.41. The van der Waals surface area contributed by atoms with Crippen LogP contribution in [0, 0.1) is 9.49 Å². The topological polar surface area (TPSA) is 62.2 Å². The van der Waals surface area contributed by atoms with E-state index in [4.69, 9.17) is 9.47 Å². The maximum Gasteiger partial charge on any atom is 0.288 e. The standard InChI is InChI=1S/C27H39IN2O4/c1-2-33-27-23(7-6-18-31)24(20-8-10-21(28)11-9-20)19-25(34-27)26(32)30-16-12-22(13-17-30)29-14-4-3-5-15-29/h8-11,19,22-24,27,31H,2-7,12-18H2,1H3/t23-,24-,27-/m0/s1. The minimum atomic E-state index is -0.490. The molecule has 188 valence electrons. The van der Waals surface area contributed by atoms with Crippen LogP contribution in [0.5, 0.6) is 0 Å². The number of hydrogen-bond donors (Lipinski definition) is 1. The second-order valence-electron chi connectivity index (χ2n) is 9.70. The maximum absolute atomic E-state index is 13.6. The van der Waals surface area contributed by atoms with Gasteiger partial charge in [-0.25, -0.2) is 0 Å².